The van der Waals surface area contributed by atoms with Gasteiger partial charge in [-0.25, -0.2) is 9.38 Å². The van der Waals surface area contributed by atoms with Crippen LogP contribution in [0.3, 0.4) is 0 Å². The fourth-order valence-electron chi connectivity index (χ4n) is 3.73. The first-order valence-corrected chi connectivity index (χ1v) is 9.90. The molecule has 0 bridgehead atoms. The Kier molecular flexibility index (Phi) is 11.9. The van der Waals surface area contributed by atoms with E-state index in [9.17, 15) is 4.39 Å². The summed E-state index contributed by atoms with van der Waals surface area (Å²) < 4.78 is 24.1. The van der Waals surface area contributed by atoms with E-state index in [1.165, 1.54) is 31.7 Å². The molecule has 0 unspecified atom stereocenters. The van der Waals surface area contributed by atoms with Gasteiger partial charge in [0.15, 0.2) is 5.96 Å². The molecule has 1 aromatic carbocycles. The molecule has 0 amide bonds. The van der Waals surface area contributed by atoms with Crippen molar-refractivity contribution in [3.63, 3.8) is 0 Å². The number of nitrogens with one attached hydrogen (secondary N) is 2. The molecule has 7 heteroatoms. The molecule has 1 aliphatic rings. The van der Waals surface area contributed by atoms with Gasteiger partial charge in [0.2, 0.25) is 0 Å². The molecule has 5 nitrogen and oxygen atoms in total. The Hall–Kier alpha value is -0.930. The van der Waals surface area contributed by atoms with E-state index in [2.05, 4.69) is 22.5 Å². The van der Waals surface area contributed by atoms with Crippen LogP contribution in [0.4, 0.5) is 4.39 Å². The van der Waals surface area contributed by atoms with Crippen molar-refractivity contribution >= 4 is 29.9 Å². The zero-order valence-corrected chi connectivity index (χ0v) is 19.7. The lowest BCUT2D eigenvalue weighted by Crippen LogP contribution is -2.43. The molecule has 1 aliphatic carbocycles. The Balaban J connectivity index is 0.00000392. The first-order chi connectivity index (χ1) is 13.1. The summed E-state index contributed by atoms with van der Waals surface area (Å²) in [6, 6.07) is 5.08. The highest BCUT2D eigenvalue weighted by Gasteiger charge is 2.33. The third-order valence-electron chi connectivity index (χ3n) is 5.31. The minimum atomic E-state index is -0.240. The highest BCUT2D eigenvalue weighted by atomic mass is 127. The largest absolute Gasteiger partial charge is 0.385 e. The second-order valence-corrected chi connectivity index (χ2v) is 7.36. The third-order valence-corrected chi connectivity index (χ3v) is 5.31. The average Bonchev–Trinajstić information content (AvgIpc) is 3.14. The topological polar surface area (TPSA) is 54.9 Å². The highest BCUT2D eigenvalue weighted by Crippen LogP contribution is 2.40. The van der Waals surface area contributed by atoms with Crippen molar-refractivity contribution < 1.29 is 13.9 Å². The lowest BCUT2D eigenvalue weighted by Gasteiger charge is -2.30. The van der Waals surface area contributed by atoms with E-state index >= 15 is 0 Å². The molecule has 0 radical (unpaired) electrons. The van der Waals surface area contributed by atoms with Crippen molar-refractivity contribution in [2.24, 2.45) is 10.4 Å². The second-order valence-electron chi connectivity index (χ2n) is 7.36. The van der Waals surface area contributed by atoms with Crippen LogP contribution in [-0.2, 0) is 22.6 Å². The van der Waals surface area contributed by atoms with Crippen molar-refractivity contribution in [1.29, 1.82) is 0 Å². The zero-order valence-electron chi connectivity index (χ0n) is 17.4. The number of rotatable bonds is 10. The molecular formula is C21H35FIN3O2. The van der Waals surface area contributed by atoms with Gasteiger partial charge in [-0.1, -0.05) is 18.9 Å². The maximum atomic E-state index is 13.8. The van der Waals surface area contributed by atoms with Crippen LogP contribution >= 0.6 is 24.0 Å². The predicted octanol–water partition coefficient (Wildman–Crippen LogP) is 4.24. The van der Waals surface area contributed by atoms with E-state index in [0.717, 1.165) is 37.6 Å². The number of aliphatic imine (C=N–C) groups is 1. The average molecular weight is 507 g/mol. The number of ether oxygens (including phenoxy) is 2. The molecule has 2 N–H and O–H groups in total. The van der Waals surface area contributed by atoms with Gasteiger partial charge < -0.3 is 20.1 Å². The Morgan fingerprint density at radius 2 is 1.93 bits per heavy atom. The molecule has 0 aliphatic heterocycles. The molecule has 0 heterocycles. The summed E-state index contributed by atoms with van der Waals surface area (Å²) in [7, 11) is 3.34. The molecule has 0 atom stereocenters. The first-order valence-electron chi connectivity index (χ1n) is 9.90. The Morgan fingerprint density at radius 1 is 1.18 bits per heavy atom. The summed E-state index contributed by atoms with van der Waals surface area (Å²) in [5, 5.41) is 6.83. The molecule has 1 fully saturated rings. The van der Waals surface area contributed by atoms with Gasteiger partial charge in [0, 0.05) is 39.5 Å². The van der Waals surface area contributed by atoms with Crippen LogP contribution < -0.4 is 10.6 Å². The van der Waals surface area contributed by atoms with E-state index in [4.69, 9.17) is 9.47 Å². The summed E-state index contributed by atoms with van der Waals surface area (Å²) in [4.78, 5) is 4.69. The van der Waals surface area contributed by atoms with E-state index in [-0.39, 0.29) is 36.4 Å². The molecule has 2 rings (SSSR count). The Bertz CT molecular complexity index is 607. The van der Waals surface area contributed by atoms with Crippen LogP contribution in [0.5, 0.6) is 0 Å². The van der Waals surface area contributed by atoms with Crippen LogP contribution in [0.15, 0.2) is 23.2 Å². The third kappa shape index (κ3) is 7.83. The molecule has 0 saturated heterocycles. The summed E-state index contributed by atoms with van der Waals surface area (Å²) in [6.07, 6.45) is 6.13. The van der Waals surface area contributed by atoms with E-state index < -0.39 is 0 Å². The molecule has 0 spiro atoms. The standard InChI is InChI=1S/C21H34FN3O2.HI/c1-4-23-20(25-16-21(11-12-26-2)9-5-6-10-21)24-14-17-7-8-19(22)18(13-17)15-27-3;/h7-8,13H,4-6,9-12,14-16H2,1-3H3,(H2,23,24,25);1H. The van der Waals surface area contributed by atoms with E-state index in [1.54, 1.807) is 20.3 Å². The van der Waals surface area contributed by atoms with Gasteiger partial charge >= 0.3 is 0 Å². The van der Waals surface area contributed by atoms with Crippen molar-refractivity contribution in [3.05, 3.63) is 35.1 Å². The van der Waals surface area contributed by atoms with Crippen molar-refractivity contribution in [2.45, 2.75) is 52.2 Å². The van der Waals surface area contributed by atoms with Gasteiger partial charge in [-0.15, -0.1) is 24.0 Å². The lowest BCUT2D eigenvalue weighted by atomic mass is 9.83. The molecule has 160 valence electrons. The number of benzene rings is 1. The van der Waals surface area contributed by atoms with E-state index in [0.29, 0.717) is 17.5 Å². The smallest absolute Gasteiger partial charge is 0.191 e. The molecular weight excluding hydrogens is 472 g/mol. The maximum absolute atomic E-state index is 13.8. The number of hydrogen-bond acceptors (Lipinski definition) is 3. The number of hydrogen-bond donors (Lipinski definition) is 2. The molecule has 0 aromatic heterocycles. The number of guanidine groups is 1. The van der Waals surface area contributed by atoms with Gasteiger partial charge in [-0.05, 0) is 49.3 Å². The van der Waals surface area contributed by atoms with Crippen LogP contribution in [0.1, 0.15) is 50.2 Å². The zero-order chi connectivity index (χ0) is 19.5. The summed E-state index contributed by atoms with van der Waals surface area (Å²) in [5.74, 6) is 0.565. The minimum absolute atomic E-state index is 0. The molecule has 1 saturated carbocycles. The monoisotopic (exact) mass is 507 g/mol. The molecule has 28 heavy (non-hydrogen) atoms. The van der Waals surface area contributed by atoms with Gasteiger partial charge in [-0.2, -0.15) is 0 Å². The van der Waals surface area contributed by atoms with Crippen molar-refractivity contribution in [1.82, 2.24) is 10.6 Å². The van der Waals surface area contributed by atoms with Gasteiger partial charge in [0.1, 0.15) is 5.82 Å². The predicted molar refractivity (Wildman–Crippen MR) is 123 cm³/mol. The van der Waals surface area contributed by atoms with E-state index in [1.807, 2.05) is 6.07 Å². The Morgan fingerprint density at radius 3 is 2.57 bits per heavy atom. The van der Waals surface area contributed by atoms with Crippen LogP contribution in [0.2, 0.25) is 0 Å². The van der Waals surface area contributed by atoms with Crippen molar-refractivity contribution in [2.75, 3.05) is 33.9 Å². The van der Waals surface area contributed by atoms with Crippen LogP contribution in [-0.4, -0.2) is 39.9 Å². The number of methoxy groups -OCH3 is 2. The maximum Gasteiger partial charge on any atom is 0.191 e. The highest BCUT2D eigenvalue weighted by molar-refractivity contribution is 14.0. The minimum Gasteiger partial charge on any atom is -0.385 e. The first kappa shape index (κ1) is 25.1. The van der Waals surface area contributed by atoms with Gasteiger partial charge in [-0.3, -0.25) is 0 Å². The second kappa shape index (κ2) is 13.3. The van der Waals surface area contributed by atoms with Crippen LogP contribution in [0.25, 0.3) is 0 Å². The van der Waals surface area contributed by atoms with Gasteiger partial charge in [0.25, 0.3) is 0 Å². The van der Waals surface area contributed by atoms with Crippen LogP contribution in [0, 0.1) is 11.2 Å². The number of halogens is 2. The summed E-state index contributed by atoms with van der Waals surface area (Å²) >= 11 is 0. The summed E-state index contributed by atoms with van der Waals surface area (Å²) in [5.41, 5.74) is 1.83. The quantitative estimate of drug-likeness (QED) is 0.283. The van der Waals surface area contributed by atoms with Gasteiger partial charge in [0.05, 0.1) is 13.2 Å². The fourth-order valence-corrected chi connectivity index (χ4v) is 3.73. The molecule has 1 aromatic rings. The lowest BCUT2D eigenvalue weighted by molar-refractivity contribution is 0.138. The van der Waals surface area contributed by atoms with Crippen molar-refractivity contribution in [3.8, 4) is 0 Å². The normalized spacial score (nSPS) is 15.9. The summed E-state index contributed by atoms with van der Waals surface area (Å²) in [6.45, 7) is 5.33. The fraction of sp³-hybridized carbons (Fsp3) is 0.667. The number of nitrogens with zero attached hydrogens (tertiary/aromatic N) is 1. The SMILES string of the molecule is CCNC(=NCc1ccc(F)c(COC)c1)NCC1(CCOC)CCCC1.I. The Labute approximate surface area is 185 Å².